The van der Waals surface area contributed by atoms with Crippen molar-refractivity contribution in [3.8, 4) is 11.4 Å². The van der Waals surface area contributed by atoms with E-state index in [1.54, 1.807) is 0 Å². The van der Waals surface area contributed by atoms with E-state index < -0.39 is 0 Å². The normalized spacial score (nSPS) is 11.1. The maximum Gasteiger partial charge on any atom is 0.183 e. The van der Waals surface area contributed by atoms with Crippen molar-refractivity contribution in [2.45, 2.75) is 25.7 Å². The van der Waals surface area contributed by atoms with E-state index in [1.165, 1.54) is 30.3 Å². The van der Waals surface area contributed by atoms with Crippen LogP contribution in [0.15, 0.2) is 60.9 Å². The number of hydrogen-bond acceptors (Lipinski definition) is 4. The van der Waals surface area contributed by atoms with Crippen molar-refractivity contribution >= 4 is 17.0 Å². The smallest absolute Gasteiger partial charge is 0.183 e. The lowest BCUT2D eigenvalue weighted by Gasteiger charge is -2.04. The monoisotopic (exact) mass is 343 g/mol. The molecule has 3 N–H and O–H groups in total. The fourth-order valence-electron chi connectivity index (χ4n) is 3.12. The number of nitrogen functional groups attached to an aromatic ring is 1. The summed E-state index contributed by atoms with van der Waals surface area (Å²) in [6, 6.07) is 19.2. The quantitative estimate of drug-likeness (QED) is 0.515. The number of hydrogen-bond donors (Lipinski definition) is 2. The first kappa shape index (κ1) is 16.3. The van der Waals surface area contributed by atoms with Crippen molar-refractivity contribution < 1.29 is 0 Å². The number of nitrogens with zero attached hydrogens (tertiary/aromatic N) is 3. The Labute approximate surface area is 152 Å². The Kier molecular flexibility index (Phi) is 4.60. The van der Waals surface area contributed by atoms with Gasteiger partial charge < -0.3 is 10.7 Å². The molecule has 26 heavy (non-hydrogen) atoms. The summed E-state index contributed by atoms with van der Waals surface area (Å²) in [5.41, 5.74) is 10.9. The fraction of sp³-hybridized carbons (Fsp3) is 0.190. The minimum atomic E-state index is 0.420. The molecule has 0 aliphatic carbocycles. The molecule has 0 aliphatic heterocycles. The van der Waals surface area contributed by atoms with Gasteiger partial charge in [-0.2, -0.15) is 0 Å². The summed E-state index contributed by atoms with van der Waals surface area (Å²) in [6.07, 6.45) is 6.05. The van der Waals surface area contributed by atoms with Crippen LogP contribution < -0.4 is 5.73 Å². The molecule has 0 aliphatic rings. The van der Waals surface area contributed by atoms with Crippen LogP contribution in [0, 0.1) is 0 Å². The van der Waals surface area contributed by atoms with Crippen molar-refractivity contribution in [3.05, 3.63) is 72.1 Å². The summed E-state index contributed by atoms with van der Waals surface area (Å²) in [6.45, 7) is 0. The van der Waals surface area contributed by atoms with Crippen LogP contribution in [0.25, 0.3) is 22.6 Å². The highest BCUT2D eigenvalue weighted by atomic mass is 15.0. The largest absolute Gasteiger partial charge is 0.382 e. The van der Waals surface area contributed by atoms with Crippen LogP contribution in [0.4, 0.5) is 5.82 Å². The Bertz CT molecular complexity index is 990. The molecule has 0 radical (unpaired) electrons. The molecule has 0 bridgehead atoms. The van der Waals surface area contributed by atoms with Gasteiger partial charge in [0.05, 0.1) is 0 Å². The summed E-state index contributed by atoms with van der Waals surface area (Å²) in [7, 11) is 0. The molecule has 4 rings (SSSR count). The summed E-state index contributed by atoms with van der Waals surface area (Å²) in [5.74, 6) is 1.19. The molecule has 0 saturated heterocycles. The molecule has 5 nitrogen and oxygen atoms in total. The number of aromatic amines is 1. The number of aryl methyl sites for hydroxylation is 2. The Morgan fingerprint density at radius 3 is 2.19 bits per heavy atom. The molecule has 0 atom stereocenters. The van der Waals surface area contributed by atoms with E-state index in [0.29, 0.717) is 17.0 Å². The van der Waals surface area contributed by atoms with Crippen molar-refractivity contribution in [1.29, 1.82) is 0 Å². The van der Waals surface area contributed by atoms with Crippen molar-refractivity contribution in [3.63, 3.8) is 0 Å². The van der Waals surface area contributed by atoms with Crippen LogP contribution in [-0.4, -0.2) is 19.9 Å². The molecule has 0 saturated carbocycles. The summed E-state index contributed by atoms with van der Waals surface area (Å²) < 4.78 is 0. The maximum absolute atomic E-state index is 5.86. The molecule has 0 fully saturated rings. The topological polar surface area (TPSA) is 80.5 Å². The number of nitrogens with one attached hydrogen (secondary N) is 1. The highest BCUT2D eigenvalue weighted by Gasteiger charge is 2.09. The number of anilines is 1. The predicted octanol–water partition coefficient (Wildman–Crippen LogP) is 4.17. The third-order valence-electron chi connectivity index (χ3n) is 4.57. The molecule has 2 aromatic carbocycles. The van der Waals surface area contributed by atoms with Crippen LogP contribution in [0.2, 0.25) is 0 Å². The van der Waals surface area contributed by atoms with E-state index in [2.05, 4.69) is 74.5 Å². The lowest BCUT2D eigenvalue weighted by atomic mass is 10.0. The zero-order valence-electron chi connectivity index (χ0n) is 14.5. The highest BCUT2D eigenvalue weighted by Crippen LogP contribution is 2.22. The molecular weight excluding hydrogens is 322 g/mol. The lowest BCUT2D eigenvalue weighted by Crippen LogP contribution is -1.91. The van der Waals surface area contributed by atoms with E-state index in [0.717, 1.165) is 24.2 Å². The average molecular weight is 343 g/mol. The number of rotatable bonds is 6. The molecule has 2 aromatic heterocycles. The van der Waals surface area contributed by atoms with Gasteiger partial charge in [0.15, 0.2) is 11.5 Å². The molecular formula is C21H21N5. The third-order valence-corrected chi connectivity index (χ3v) is 4.57. The molecule has 0 amide bonds. The van der Waals surface area contributed by atoms with Gasteiger partial charge in [0.1, 0.15) is 17.7 Å². The van der Waals surface area contributed by atoms with Crippen LogP contribution >= 0.6 is 0 Å². The number of unbranched alkanes of at least 4 members (excludes halogenated alkanes) is 1. The Balaban J connectivity index is 1.37. The number of H-pyrrole nitrogens is 1. The maximum atomic E-state index is 5.86. The molecule has 2 heterocycles. The van der Waals surface area contributed by atoms with Gasteiger partial charge in [0.25, 0.3) is 0 Å². The number of imidazole rings is 1. The minimum absolute atomic E-state index is 0.420. The Morgan fingerprint density at radius 1 is 0.808 bits per heavy atom. The number of fused-ring (bicyclic) bond motifs is 1. The number of benzene rings is 2. The second-order valence-corrected chi connectivity index (χ2v) is 6.43. The molecule has 5 heteroatoms. The van der Waals surface area contributed by atoms with Gasteiger partial charge in [0.2, 0.25) is 0 Å². The van der Waals surface area contributed by atoms with E-state index in [-0.39, 0.29) is 0 Å². The van der Waals surface area contributed by atoms with Gasteiger partial charge in [-0.3, -0.25) is 0 Å². The van der Waals surface area contributed by atoms with Crippen LogP contribution in [0.1, 0.15) is 24.0 Å². The zero-order chi connectivity index (χ0) is 17.8. The van der Waals surface area contributed by atoms with E-state index >= 15 is 0 Å². The van der Waals surface area contributed by atoms with Crippen molar-refractivity contribution in [2.75, 3.05) is 5.73 Å². The summed E-state index contributed by atoms with van der Waals surface area (Å²) >= 11 is 0. The van der Waals surface area contributed by atoms with Gasteiger partial charge >= 0.3 is 0 Å². The Morgan fingerprint density at radius 2 is 1.50 bits per heavy atom. The molecule has 0 spiro atoms. The zero-order valence-corrected chi connectivity index (χ0v) is 14.5. The van der Waals surface area contributed by atoms with Gasteiger partial charge in [-0.1, -0.05) is 54.6 Å². The molecule has 130 valence electrons. The van der Waals surface area contributed by atoms with E-state index in [1.807, 2.05) is 0 Å². The van der Waals surface area contributed by atoms with Gasteiger partial charge in [-0.25, -0.2) is 15.0 Å². The first-order valence-corrected chi connectivity index (χ1v) is 8.89. The Hall–Kier alpha value is -3.21. The molecule has 0 unspecified atom stereocenters. The number of aromatic nitrogens is 4. The summed E-state index contributed by atoms with van der Waals surface area (Å²) in [5, 5.41) is 0. The standard InChI is InChI=1S/C21H21N5/c22-19-18-21(24-14-23-19)26-20(25-18)17-12-10-16(11-13-17)9-5-4-8-15-6-2-1-3-7-15/h1-3,6-7,10-14H,4-5,8-9H2,(H3,22,23,24,25,26). The minimum Gasteiger partial charge on any atom is -0.382 e. The second kappa shape index (κ2) is 7.35. The van der Waals surface area contributed by atoms with E-state index in [9.17, 15) is 0 Å². The number of nitrogens with two attached hydrogens (primary N) is 1. The van der Waals surface area contributed by atoms with Crippen molar-refractivity contribution in [2.24, 2.45) is 0 Å². The first-order valence-electron chi connectivity index (χ1n) is 8.89. The second-order valence-electron chi connectivity index (χ2n) is 6.43. The SMILES string of the molecule is Nc1ncnc2nc(-c3ccc(CCCCc4ccccc4)cc3)[nH]c12. The van der Waals surface area contributed by atoms with Gasteiger partial charge in [-0.05, 0) is 36.8 Å². The van der Waals surface area contributed by atoms with Crippen LogP contribution in [0.5, 0.6) is 0 Å². The average Bonchev–Trinajstić information content (AvgIpc) is 3.12. The fourth-order valence-corrected chi connectivity index (χ4v) is 3.12. The van der Waals surface area contributed by atoms with Crippen LogP contribution in [0.3, 0.4) is 0 Å². The summed E-state index contributed by atoms with van der Waals surface area (Å²) in [4.78, 5) is 15.8. The third kappa shape index (κ3) is 3.57. The van der Waals surface area contributed by atoms with Gasteiger partial charge in [0, 0.05) is 5.56 Å². The van der Waals surface area contributed by atoms with Crippen molar-refractivity contribution in [1.82, 2.24) is 19.9 Å². The first-order chi connectivity index (χ1) is 12.8. The van der Waals surface area contributed by atoms with Gasteiger partial charge in [-0.15, -0.1) is 0 Å². The predicted molar refractivity (Wildman–Crippen MR) is 105 cm³/mol. The lowest BCUT2D eigenvalue weighted by molar-refractivity contribution is 0.734. The van der Waals surface area contributed by atoms with Crippen LogP contribution in [-0.2, 0) is 12.8 Å². The molecule has 4 aromatic rings. The highest BCUT2D eigenvalue weighted by molar-refractivity contribution is 5.84. The van der Waals surface area contributed by atoms with E-state index in [4.69, 9.17) is 5.73 Å².